The number of ether oxygens (including phenoxy) is 1. The molecule has 0 fully saturated rings. The second-order valence-electron chi connectivity index (χ2n) is 5.52. The smallest absolute Gasteiger partial charge is 0.292 e. The van der Waals surface area contributed by atoms with Gasteiger partial charge in [0.2, 0.25) is 0 Å². The number of hydrogen-bond acceptors (Lipinski definition) is 6. The molecular formula is C17H24N4O3. The summed E-state index contributed by atoms with van der Waals surface area (Å²) in [5, 5.41) is 7.81. The van der Waals surface area contributed by atoms with E-state index >= 15 is 0 Å². The number of hydroxylamine groups is 1. The molecule has 2 atom stereocenters. The van der Waals surface area contributed by atoms with E-state index in [0.717, 1.165) is 12.1 Å². The highest BCUT2D eigenvalue weighted by Gasteiger charge is 2.27. The van der Waals surface area contributed by atoms with E-state index in [0.29, 0.717) is 19.1 Å². The number of nitrogens with zero attached hydrogens (tertiary/aromatic N) is 2. The maximum atomic E-state index is 8.95. The van der Waals surface area contributed by atoms with Gasteiger partial charge in [0.1, 0.15) is 0 Å². The van der Waals surface area contributed by atoms with Gasteiger partial charge < -0.3 is 10.1 Å². The SMILES string of the molecule is CC1NCC(NOCc2ccccc2)c2cnn(C)c21.COC=O. The molecule has 0 radical (unpaired) electrons. The standard InChI is InChI=1S/C15H20N4O.C2H4O2/c1-11-15-13(8-17-19(15)2)14(9-16-11)18-20-10-12-6-4-3-5-7-12;1-4-2-3/h3-8,11,14,16,18H,9-10H2,1-2H3;2H,1H3. The highest BCUT2D eigenvalue weighted by Crippen LogP contribution is 2.27. The first kappa shape index (κ1) is 18.1. The van der Waals surface area contributed by atoms with Gasteiger partial charge in [-0.25, -0.2) is 0 Å². The Labute approximate surface area is 141 Å². The van der Waals surface area contributed by atoms with E-state index in [4.69, 9.17) is 9.63 Å². The Morgan fingerprint density at radius 2 is 2.12 bits per heavy atom. The Bertz CT molecular complexity index is 630. The maximum Gasteiger partial charge on any atom is 0.292 e. The molecule has 7 heteroatoms. The van der Waals surface area contributed by atoms with Crippen molar-refractivity contribution in [3.05, 3.63) is 53.3 Å². The van der Waals surface area contributed by atoms with Crippen molar-refractivity contribution in [2.24, 2.45) is 7.05 Å². The third-order valence-electron chi connectivity index (χ3n) is 3.83. The van der Waals surface area contributed by atoms with Crippen molar-refractivity contribution in [3.8, 4) is 0 Å². The van der Waals surface area contributed by atoms with Crippen molar-refractivity contribution in [2.45, 2.75) is 25.6 Å². The van der Waals surface area contributed by atoms with Gasteiger partial charge in [0.15, 0.2) is 0 Å². The summed E-state index contributed by atoms with van der Waals surface area (Å²) in [5.74, 6) is 0. The Hall–Kier alpha value is -2.22. The van der Waals surface area contributed by atoms with Gasteiger partial charge in [-0.3, -0.25) is 14.3 Å². The number of hydrogen-bond donors (Lipinski definition) is 2. The fraction of sp³-hybridized carbons (Fsp3) is 0.412. The minimum atomic E-state index is 0.138. The first-order valence-electron chi connectivity index (χ1n) is 7.80. The molecular weight excluding hydrogens is 308 g/mol. The third-order valence-corrected chi connectivity index (χ3v) is 3.83. The van der Waals surface area contributed by atoms with E-state index in [1.54, 1.807) is 0 Å². The summed E-state index contributed by atoms with van der Waals surface area (Å²) < 4.78 is 5.79. The summed E-state index contributed by atoms with van der Waals surface area (Å²) in [6.45, 7) is 3.93. The predicted molar refractivity (Wildman–Crippen MR) is 89.8 cm³/mol. The molecule has 2 N–H and O–H groups in total. The number of fused-ring (bicyclic) bond motifs is 1. The van der Waals surface area contributed by atoms with Crippen LogP contribution in [-0.4, -0.2) is 29.9 Å². The molecule has 1 aliphatic heterocycles. The lowest BCUT2D eigenvalue weighted by atomic mass is 9.99. The highest BCUT2D eigenvalue weighted by molar-refractivity contribution is 5.36. The van der Waals surface area contributed by atoms with Crippen LogP contribution in [0.1, 0.15) is 35.8 Å². The second-order valence-corrected chi connectivity index (χ2v) is 5.52. The van der Waals surface area contributed by atoms with Crippen LogP contribution < -0.4 is 10.8 Å². The van der Waals surface area contributed by atoms with Gasteiger partial charge in [-0.2, -0.15) is 10.6 Å². The van der Waals surface area contributed by atoms with Gasteiger partial charge >= 0.3 is 0 Å². The topological polar surface area (TPSA) is 77.4 Å². The quantitative estimate of drug-likeness (QED) is 0.640. The first-order chi connectivity index (χ1) is 11.7. The zero-order chi connectivity index (χ0) is 17.4. The second kappa shape index (κ2) is 9.17. The van der Waals surface area contributed by atoms with Crippen molar-refractivity contribution in [1.82, 2.24) is 20.6 Å². The fourth-order valence-electron chi connectivity index (χ4n) is 2.67. The van der Waals surface area contributed by atoms with Crippen LogP contribution in [0.5, 0.6) is 0 Å². The van der Waals surface area contributed by atoms with Crippen molar-refractivity contribution >= 4 is 6.47 Å². The molecule has 2 aromatic rings. The molecule has 24 heavy (non-hydrogen) atoms. The van der Waals surface area contributed by atoms with E-state index in [-0.39, 0.29) is 6.04 Å². The first-order valence-corrected chi connectivity index (χ1v) is 7.80. The van der Waals surface area contributed by atoms with Crippen molar-refractivity contribution in [2.75, 3.05) is 13.7 Å². The van der Waals surface area contributed by atoms with Crippen LogP contribution >= 0.6 is 0 Å². The molecule has 2 unspecified atom stereocenters. The summed E-state index contributed by atoms with van der Waals surface area (Å²) in [4.78, 5) is 14.6. The number of methoxy groups -OCH3 is 1. The lowest BCUT2D eigenvalue weighted by Crippen LogP contribution is -2.38. The predicted octanol–water partition coefficient (Wildman–Crippen LogP) is 1.64. The van der Waals surface area contributed by atoms with Crippen LogP contribution in [0.25, 0.3) is 0 Å². The number of carbonyl (C=O) groups excluding carboxylic acids is 1. The van der Waals surface area contributed by atoms with Crippen molar-refractivity contribution < 1.29 is 14.4 Å². The van der Waals surface area contributed by atoms with Gasteiger partial charge in [0.05, 0.1) is 31.6 Å². The number of aromatic nitrogens is 2. The molecule has 3 rings (SSSR count). The molecule has 1 aromatic heterocycles. The number of rotatable bonds is 5. The minimum Gasteiger partial charge on any atom is -0.471 e. The molecule has 0 saturated heterocycles. The summed E-state index contributed by atoms with van der Waals surface area (Å²) in [6, 6.07) is 10.6. The zero-order valence-electron chi connectivity index (χ0n) is 14.2. The summed E-state index contributed by atoms with van der Waals surface area (Å²) in [6.07, 6.45) is 1.93. The van der Waals surface area contributed by atoms with Gasteiger partial charge in [-0.15, -0.1) is 0 Å². The van der Waals surface area contributed by atoms with E-state index in [1.165, 1.54) is 18.4 Å². The maximum absolute atomic E-state index is 8.95. The monoisotopic (exact) mass is 332 g/mol. The van der Waals surface area contributed by atoms with Gasteiger partial charge in [0.25, 0.3) is 6.47 Å². The summed E-state index contributed by atoms with van der Waals surface area (Å²) in [5.41, 5.74) is 6.73. The number of nitrogens with one attached hydrogen (secondary N) is 2. The van der Waals surface area contributed by atoms with Crippen LogP contribution in [0.2, 0.25) is 0 Å². The van der Waals surface area contributed by atoms with Crippen LogP contribution in [0, 0.1) is 0 Å². The number of benzene rings is 1. The molecule has 7 nitrogen and oxygen atoms in total. The molecule has 0 bridgehead atoms. The Morgan fingerprint density at radius 3 is 2.79 bits per heavy atom. The van der Waals surface area contributed by atoms with E-state index in [2.05, 4.69) is 39.7 Å². The normalized spacial score (nSPS) is 19.0. The summed E-state index contributed by atoms with van der Waals surface area (Å²) >= 11 is 0. The molecule has 130 valence electrons. The van der Waals surface area contributed by atoms with Gasteiger partial charge in [0, 0.05) is 25.2 Å². The Balaban J connectivity index is 0.000000471. The van der Waals surface area contributed by atoms with Crippen LogP contribution in [0.15, 0.2) is 36.5 Å². The molecule has 0 amide bonds. The fourth-order valence-corrected chi connectivity index (χ4v) is 2.67. The molecule has 0 saturated carbocycles. The molecule has 1 aliphatic rings. The number of carbonyl (C=O) groups is 1. The molecule has 2 heterocycles. The van der Waals surface area contributed by atoms with Crippen LogP contribution in [-0.2, 0) is 28.0 Å². The average Bonchev–Trinajstić information content (AvgIpc) is 3.01. The lowest BCUT2D eigenvalue weighted by Gasteiger charge is -2.28. The molecule has 0 spiro atoms. The van der Waals surface area contributed by atoms with Gasteiger partial charge in [-0.05, 0) is 12.5 Å². The molecule has 0 aliphatic carbocycles. The minimum absolute atomic E-state index is 0.138. The lowest BCUT2D eigenvalue weighted by molar-refractivity contribution is -0.126. The zero-order valence-corrected chi connectivity index (χ0v) is 14.2. The van der Waals surface area contributed by atoms with E-state index in [9.17, 15) is 0 Å². The largest absolute Gasteiger partial charge is 0.471 e. The summed E-state index contributed by atoms with van der Waals surface area (Å²) in [7, 11) is 3.29. The Morgan fingerprint density at radius 1 is 1.42 bits per heavy atom. The third kappa shape index (κ3) is 4.64. The number of aryl methyl sites for hydroxylation is 1. The van der Waals surface area contributed by atoms with Crippen molar-refractivity contribution in [3.63, 3.8) is 0 Å². The van der Waals surface area contributed by atoms with Crippen LogP contribution in [0.4, 0.5) is 0 Å². The van der Waals surface area contributed by atoms with E-state index in [1.807, 2.05) is 36.1 Å². The van der Waals surface area contributed by atoms with Crippen molar-refractivity contribution in [1.29, 1.82) is 0 Å². The Kier molecular flexibility index (Phi) is 6.92. The highest BCUT2D eigenvalue weighted by atomic mass is 16.6. The average molecular weight is 332 g/mol. The molecule has 1 aromatic carbocycles. The van der Waals surface area contributed by atoms with Gasteiger partial charge in [-0.1, -0.05) is 30.3 Å². The van der Waals surface area contributed by atoms with E-state index < -0.39 is 0 Å². The van der Waals surface area contributed by atoms with Crippen LogP contribution in [0.3, 0.4) is 0 Å².